The van der Waals surface area contributed by atoms with Crippen molar-refractivity contribution in [2.24, 2.45) is 17.8 Å². The molecule has 0 spiro atoms. The van der Waals surface area contributed by atoms with E-state index in [0.717, 1.165) is 39.0 Å². The number of hydrogen-bond donors (Lipinski definition) is 1. The first-order chi connectivity index (χ1) is 8.66. The van der Waals surface area contributed by atoms with Crippen LogP contribution < -0.4 is 0 Å². The van der Waals surface area contributed by atoms with Gasteiger partial charge < -0.3 is 14.7 Å². The zero-order valence-electron chi connectivity index (χ0n) is 10.4. The van der Waals surface area contributed by atoms with Crippen LogP contribution in [-0.2, 0) is 14.3 Å². The Morgan fingerprint density at radius 1 is 1.22 bits per heavy atom. The van der Waals surface area contributed by atoms with Crippen LogP contribution in [-0.4, -0.2) is 47.7 Å². The highest BCUT2D eigenvalue weighted by molar-refractivity contribution is 5.89. The van der Waals surface area contributed by atoms with Gasteiger partial charge in [0, 0.05) is 25.1 Å². The molecule has 3 rings (SSSR count). The van der Waals surface area contributed by atoms with Crippen LogP contribution in [0, 0.1) is 17.8 Å². The summed E-state index contributed by atoms with van der Waals surface area (Å²) in [7, 11) is 0. The minimum absolute atomic E-state index is 0.0665. The van der Waals surface area contributed by atoms with Crippen LogP contribution >= 0.6 is 0 Å². The van der Waals surface area contributed by atoms with E-state index in [-0.39, 0.29) is 11.8 Å². The summed E-state index contributed by atoms with van der Waals surface area (Å²) in [5, 5.41) is 8.90. The Morgan fingerprint density at radius 2 is 2.00 bits per heavy atom. The number of rotatable bonds is 5. The first-order valence-corrected chi connectivity index (χ1v) is 6.78. The van der Waals surface area contributed by atoms with Crippen molar-refractivity contribution in [1.82, 2.24) is 4.90 Å². The van der Waals surface area contributed by atoms with Gasteiger partial charge in [-0.15, -0.1) is 0 Å². The predicted molar refractivity (Wildman–Crippen MR) is 62.9 cm³/mol. The third-order valence-corrected chi connectivity index (χ3v) is 4.17. The Morgan fingerprint density at radius 3 is 2.50 bits per heavy atom. The topological polar surface area (TPSA) is 66.8 Å². The molecule has 5 heteroatoms. The Bertz CT molecular complexity index is 360. The van der Waals surface area contributed by atoms with E-state index in [4.69, 9.17) is 9.84 Å². The second-order valence-corrected chi connectivity index (χ2v) is 5.74. The van der Waals surface area contributed by atoms with E-state index in [1.807, 2.05) is 4.90 Å². The van der Waals surface area contributed by atoms with Crippen molar-refractivity contribution in [2.75, 3.05) is 19.8 Å². The van der Waals surface area contributed by atoms with Gasteiger partial charge in [-0.3, -0.25) is 9.59 Å². The molecule has 0 aromatic heterocycles. The van der Waals surface area contributed by atoms with Gasteiger partial charge >= 0.3 is 5.97 Å². The highest BCUT2D eigenvalue weighted by atomic mass is 16.5. The van der Waals surface area contributed by atoms with Crippen LogP contribution in [0.4, 0.5) is 0 Å². The van der Waals surface area contributed by atoms with Gasteiger partial charge in [-0.05, 0) is 25.7 Å². The maximum Gasteiger partial charge on any atom is 0.307 e. The lowest BCUT2D eigenvalue weighted by atomic mass is 10.1. The van der Waals surface area contributed by atoms with Gasteiger partial charge in [-0.2, -0.15) is 0 Å². The number of amides is 1. The quantitative estimate of drug-likeness (QED) is 0.784. The summed E-state index contributed by atoms with van der Waals surface area (Å²) in [5.41, 5.74) is 0. The summed E-state index contributed by atoms with van der Waals surface area (Å²) in [6.07, 6.45) is 3.69. The molecule has 100 valence electrons. The van der Waals surface area contributed by atoms with E-state index in [1.165, 1.54) is 0 Å². The number of carboxylic acids is 1. The van der Waals surface area contributed by atoms with Gasteiger partial charge in [0.1, 0.15) is 0 Å². The van der Waals surface area contributed by atoms with Crippen LogP contribution in [0.2, 0.25) is 0 Å². The van der Waals surface area contributed by atoms with Crippen molar-refractivity contribution in [1.29, 1.82) is 0 Å². The summed E-state index contributed by atoms with van der Waals surface area (Å²) in [6.45, 7) is 2.29. The van der Waals surface area contributed by atoms with Crippen molar-refractivity contribution in [3.63, 3.8) is 0 Å². The summed E-state index contributed by atoms with van der Waals surface area (Å²) >= 11 is 0. The average molecular weight is 253 g/mol. The van der Waals surface area contributed by atoms with Crippen molar-refractivity contribution < 1.29 is 19.4 Å². The molecular weight excluding hydrogens is 234 g/mol. The molecule has 0 aromatic rings. The van der Waals surface area contributed by atoms with Gasteiger partial charge in [-0.25, -0.2) is 0 Å². The summed E-state index contributed by atoms with van der Waals surface area (Å²) in [6, 6.07) is 0.369. The minimum atomic E-state index is -0.826. The molecule has 3 atom stereocenters. The average Bonchev–Trinajstić information content (AvgIpc) is 3.24. The third-order valence-electron chi connectivity index (χ3n) is 4.17. The van der Waals surface area contributed by atoms with Crippen LogP contribution in [0.5, 0.6) is 0 Å². The molecule has 0 unspecified atom stereocenters. The van der Waals surface area contributed by atoms with Crippen molar-refractivity contribution >= 4 is 11.9 Å². The Kier molecular flexibility index (Phi) is 3.01. The lowest BCUT2D eigenvalue weighted by molar-refractivity contribution is -0.142. The molecule has 18 heavy (non-hydrogen) atoms. The number of aliphatic carboxylic acids is 1. The first-order valence-electron chi connectivity index (χ1n) is 6.78. The monoisotopic (exact) mass is 253 g/mol. The number of carboxylic acid groups (broad SMARTS) is 1. The molecule has 3 aliphatic rings. The zero-order chi connectivity index (χ0) is 12.7. The summed E-state index contributed by atoms with van der Waals surface area (Å²) < 4.78 is 5.34. The first kappa shape index (κ1) is 12.0. The van der Waals surface area contributed by atoms with Gasteiger partial charge in [0.05, 0.1) is 18.4 Å². The minimum Gasteiger partial charge on any atom is -0.481 e. The zero-order valence-corrected chi connectivity index (χ0v) is 10.4. The van der Waals surface area contributed by atoms with Crippen LogP contribution in [0.1, 0.15) is 25.7 Å². The molecule has 0 radical (unpaired) electrons. The number of ether oxygens (including phenoxy) is 1. The number of carbonyl (C=O) groups is 2. The van der Waals surface area contributed by atoms with Crippen LogP contribution in [0.15, 0.2) is 0 Å². The lowest BCUT2D eigenvalue weighted by Gasteiger charge is -2.25. The fraction of sp³-hybridized carbons (Fsp3) is 0.846. The molecule has 1 amide bonds. The van der Waals surface area contributed by atoms with E-state index >= 15 is 0 Å². The van der Waals surface area contributed by atoms with E-state index in [1.54, 1.807) is 0 Å². The van der Waals surface area contributed by atoms with Gasteiger partial charge in [0.15, 0.2) is 0 Å². The Labute approximate surface area is 106 Å². The highest BCUT2D eigenvalue weighted by Gasteiger charge is 2.51. The van der Waals surface area contributed by atoms with Crippen LogP contribution in [0.25, 0.3) is 0 Å². The van der Waals surface area contributed by atoms with Gasteiger partial charge in [0.25, 0.3) is 0 Å². The van der Waals surface area contributed by atoms with E-state index < -0.39 is 11.9 Å². The van der Waals surface area contributed by atoms with E-state index in [0.29, 0.717) is 18.4 Å². The number of hydrogen-bond acceptors (Lipinski definition) is 3. The smallest absolute Gasteiger partial charge is 0.307 e. The fourth-order valence-corrected chi connectivity index (χ4v) is 2.76. The summed E-state index contributed by atoms with van der Waals surface area (Å²) in [4.78, 5) is 25.1. The second kappa shape index (κ2) is 4.53. The van der Waals surface area contributed by atoms with Crippen LogP contribution in [0.3, 0.4) is 0 Å². The SMILES string of the molecule is O=C(O)[C@@H]1C[C@@H]1C(=O)N(C[C@H]1CCOC1)C1CC1. The maximum atomic E-state index is 12.3. The van der Waals surface area contributed by atoms with Gasteiger partial charge in [-0.1, -0.05) is 0 Å². The number of carbonyl (C=O) groups excluding carboxylic acids is 1. The van der Waals surface area contributed by atoms with E-state index in [2.05, 4.69) is 0 Å². The van der Waals surface area contributed by atoms with Gasteiger partial charge in [0.2, 0.25) is 5.91 Å². The largest absolute Gasteiger partial charge is 0.481 e. The second-order valence-electron chi connectivity index (χ2n) is 5.74. The fourth-order valence-electron chi connectivity index (χ4n) is 2.76. The van der Waals surface area contributed by atoms with Crippen molar-refractivity contribution in [3.05, 3.63) is 0 Å². The van der Waals surface area contributed by atoms with Crippen molar-refractivity contribution in [2.45, 2.75) is 31.7 Å². The molecule has 1 N–H and O–H groups in total. The lowest BCUT2D eigenvalue weighted by Crippen LogP contribution is -2.39. The normalized spacial score (nSPS) is 34.3. The molecule has 5 nitrogen and oxygen atoms in total. The highest BCUT2D eigenvalue weighted by Crippen LogP contribution is 2.42. The molecule has 3 fully saturated rings. The maximum absolute atomic E-state index is 12.3. The summed E-state index contributed by atoms with van der Waals surface area (Å²) in [5.74, 6) is -1.01. The molecule has 0 bridgehead atoms. The molecule has 1 aliphatic heterocycles. The Balaban J connectivity index is 1.59. The standard InChI is InChI=1S/C13H19NO4/c15-12(10-5-11(10)13(16)17)14(9-1-2-9)6-8-3-4-18-7-8/h8-11H,1-7H2,(H,16,17)/t8-,10+,11-/m1/s1. The molecule has 1 saturated heterocycles. The molecule has 2 aliphatic carbocycles. The third kappa shape index (κ3) is 2.36. The predicted octanol–water partition coefficient (Wildman–Crippen LogP) is 0.735. The van der Waals surface area contributed by atoms with E-state index in [9.17, 15) is 9.59 Å². The molecule has 2 saturated carbocycles. The molecule has 1 heterocycles. The number of nitrogens with zero attached hydrogens (tertiary/aromatic N) is 1. The molecular formula is C13H19NO4. The Hall–Kier alpha value is -1.10. The molecule has 0 aromatic carbocycles. The van der Waals surface area contributed by atoms with Crippen molar-refractivity contribution in [3.8, 4) is 0 Å².